The van der Waals surface area contributed by atoms with Crippen LogP contribution < -0.4 is 10.6 Å². The molecule has 1 saturated heterocycles. The van der Waals surface area contributed by atoms with Gasteiger partial charge in [-0.3, -0.25) is 9.59 Å². The van der Waals surface area contributed by atoms with E-state index in [1.54, 1.807) is 11.9 Å². The van der Waals surface area contributed by atoms with Gasteiger partial charge in [-0.2, -0.15) is 0 Å². The number of hydrogen-bond acceptors (Lipinski definition) is 3. The Morgan fingerprint density at radius 2 is 2.19 bits per heavy atom. The molecule has 2 aliphatic rings. The lowest BCUT2D eigenvalue weighted by atomic mass is 10.1. The number of nitrogens with one attached hydrogen (secondary N) is 2. The van der Waals surface area contributed by atoms with Crippen molar-refractivity contribution < 1.29 is 9.59 Å². The molecular weight excluding hydrogens is 290 g/mol. The standard InChI is InChI=1S/C15H19N3O2.ClH/c1-16-14(19)13-3-2-8-18(13)15(20)11-4-5-12-10(9-11)6-7-17-12;/h4-5,9,13,17H,2-3,6-8H2,1H3,(H,16,19);1H. The Morgan fingerprint density at radius 3 is 2.95 bits per heavy atom. The van der Waals surface area contributed by atoms with E-state index in [9.17, 15) is 9.59 Å². The molecule has 0 bridgehead atoms. The van der Waals surface area contributed by atoms with Crippen molar-refractivity contribution in [1.29, 1.82) is 0 Å². The highest BCUT2D eigenvalue weighted by molar-refractivity contribution is 5.98. The molecule has 0 saturated carbocycles. The van der Waals surface area contributed by atoms with Gasteiger partial charge < -0.3 is 15.5 Å². The van der Waals surface area contributed by atoms with Gasteiger partial charge >= 0.3 is 0 Å². The van der Waals surface area contributed by atoms with Gasteiger partial charge in [-0.25, -0.2) is 0 Å². The zero-order valence-corrected chi connectivity index (χ0v) is 12.8. The molecule has 0 aliphatic carbocycles. The normalized spacial score (nSPS) is 19.5. The van der Waals surface area contributed by atoms with Gasteiger partial charge in [0.25, 0.3) is 5.91 Å². The maximum Gasteiger partial charge on any atom is 0.254 e. The van der Waals surface area contributed by atoms with Crippen LogP contribution in [0.25, 0.3) is 0 Å². The van der Waals surface area contributed by atoms with Gasteiger partial charge in [0.15, 0.2) is 0 Å². The molecule has 5 nitrogen and oxygen atoms in total. The van der Waals surface area contributed by atoms with E-state index in [1.807, 2.05) is 18.2 Å². The number of rotatable bonds is 2. The molecule has 0 aromatic heterocycles. The quantitative estimate of drug-likeness (QED) is 0.869. The fourth-order valence-electron chi connectivity index (χ4n) is 3.05. The second-order valence-corrected chi connectivity index (χ2v) is 5.32. The van der Waals surface area contributed by atoms with Gasteiger partial charge in [-0.1, -0.05) is 0 Å². The van der Waals surface area contributed by atoms with Crippen LogP contribution in [-0.4, -0.2) is 42.9 Å². The molecule has 1 aromatic rings. The predicted molar refractivity (Wildman–Crippen MR) is 84.0 cm³/mol. The minimum absolute atomic E-state index is 0. The first-order valence-electron chi connectivity index (χ1n) is 7.10. The number of carbonyl (C=O) groups excluding carboxylic acids is 2. The summed E-state index contributed by atoms with van der Waals surface area (Å²) in [5.41, 5.74) is 2.99. The number of anilines is 1. The molecule has 1 atom stereocenters. The smallest absolute Gasteiger partial charge is 0.254 e. The SMILES string of the molecule is CNC(=O)C1CCCN1C(=O)c1ccc2c(c1)CCN2.Cl. The van der Waals surface area contributed by atoms with Gasteiger partial charge in [0.2, 0.25) is 5.91 Å². The number of benzene rings is 1. The van der Waals surface area contributed by atoms with E-state index in [2.05, 4.69) is 10.6 Å². The number of hydrogen-bond donors (Lipinski definition) is 2. The van der Waals surface area contributed by atoms with Gasteiger partial charge in [-0.15, -0.1) is 12.4 Å². The molecule has 21 heavy (non-hydrogen) atoms. The highest BCUT2D eigenvalue weighted by Gasteiger charge is 2.34. The highest BCUT2D eigenvalue weighted by Crippen LogP contribution is 2.26. The van der Waals surface area contributed by atoms with Gasteiger partial charge in [0, 0.05) is 31.4 Å². The summed E-state index contributed by atoms with van der Waals surface area (Å²) in [4.78, 5) is 26.1. The third kappa shape index (κ3) is 2.83. The van der Waals surface area contributed by atoms with E-state index in [0.29, 0.717) is 12.1 Å². The Kier molecular flexibility index (Phi) is 4.73. The van der Waals surface area contributed by atoms with Crippen molar-refractivity contribution in [2.45, 2.75) is 25.3 Å². The van der Waals surface area contributed by atoms with Crippen molar-refractivity contribution >= 4 is 29.9 Å². The lowest BCUT2D eigenvalue weighted by Crippen LogP contribution is -2.44. The molecule has 0 spiro atoms. The van der Waals surface area contributed by atoms with Crippen molar-refractivity contribution in [2.75, 3.05) is 25.5 Å². The molecular formula is C15H20ClN3O2. The van der Waals surface area contributed by atoms with Crippen LogP contribution in [0.4, 0.5) is 5.69 Å². The Labute approximate surface area is 130 Å². The van der Waals surface area contributed by atoms with E-state index in [1.165, 1.54) is 5.56 Å². The first-order valence-corrected chi connectivity index (χ1v) is 7.10. The van der Waals surface area contributed by atoms with Gasteiger partial charge in [-0.05, 0) is 43.0 Å². The maximum atomic E-state index is 12.6. The number of amides is 2. The minimum Gasteiger partial charge on any atom is -0.384 e. The molecule has 0 radical (unpaired) electrons. The molecule has 2 heterocycles. The summed E-state index contributed by atoms with van der Waals surface area (Å²) in [7, 11) is 1.62. The Morgan fingerprint density at radius 1 is 1.38 bits per heavy atom. The molecule has 1 aromatic carbocycles. The predicted octanol–water partition coefficient (Wildman–Crippen LogP) is 1.43. The molecule has 2 amide bonds. The first kappa shape index (κ1) is 15.6. The average molecular weight is 310 g/mol. The lowest BCUT2D eigenvalue weighted by Gasteiger charge is -2.23. The van der Waals surface area contributed by atoms with Gasteiger partial charge in [0.1, 0.15) is 6.04 Å². The molecule has 1 unspecified atom stereocenters. The summed E-state index contributed by atoms with van der Waals surface area (Å²) in [6.07, 6.45) is 2.59. The summed E-state index contributed by atoms with van der Waals surface area (Å²) < 4.78 is 0. The third-order valence-corrected chi connectivity index (χ3v) is 4.12. The second-order valence-electron chi connectivity index (χ2n) is 5.32. The summed E-state index contributed by atoms with van der Waals surface area (Å²) in [5, 5.41) is 5.92. The Balaban J connectivity index is 0.00000161. The molecule has 1 fully saturated rings. The lowest BCUT2D eigenvalue weighted by molar-refractivity contribution is -0.124. The van der Waals surface area contributed by atoms with Crippen LogP contribution in [0.1, 0.15) is 28.8 Å². The Hall–Kier alpha value is -1.75. The van der Waals surface area contributed by atoms with Crippen molar-refractivity contribution in [3.05, 3.63) is 29.3 Å². The van der Waals surface area contributed by atoms with Crippen LogP contribution in [0.5, 0.6) is 0 Å². The van der Waals surface area contributed by atoms with Crippen LogP contribution >= 0.6 is 12.4 Å². The van der Waals surface area contributed by atoms with Crippen molar-refractivity contribution in [3.8, 4) is 0 Å². The summed E-state index contributed by atoms with van der Waals surface area (Å²) in [6.45, 7) is 1.59. The number of halogens is 1. The van der Waals surface area contributed by atoms with Crippen molar-refractivity contribution in [3.63, 3.8) is 0 Å². The fraction of sp³-hybridized carbons (Fsp3) is 0.467. The fourth-order valence-corrected chi connectivity index (χ4v) is 3.05. The number of likely N-dealkylation sites (tertiary alicyclic amines) is 1. The van der Waals surface area contributed by atoms with Crippen molar-refractivity contribution in [1.82, 2.24) is 10.2 Å². The number of likely N-dealkylation sites (N-methyl/N-ethyl adjacent to an activating group) is 1. The topological polar surface area (TPSA) is 61.4 Å². The zero-order valence-electron chi connectivity index (χ0n) is 12.0. The number of carbonyl (C=O) groups is 2. The number of nitrogens with zero attached hydrogens (tertiary/aromatic N) is 1. The highest BCUT2D eigenvalue weighted by atomic mass is 35.5. The van der Waals surface area contributed by atoms with Gasteiger partial charge in [0.05, 0.1) is 0 Å². The molecule has 2 N–H and O–H groups in total. The molecule has 114 valence electrons. The Bertz CT molecular complexity index is 562. The largest absolute Gasteiger partial charge is 0.384 e. The monoisotopic (exact) mass is 309 g/mol. The number of fused-ring (bicyclic) bond motifs is 1. The summed E-state index contributed by atoms with van der Waals surface area (Å²) in [6, 6.07) is 5.44. The summed E-state index contributed by atoms with van der Waals surface area (Å²) in [5.74, 6) is -0.107. The van der Waals surface area contributed by atoms with E-state index < -0.39 is 0 Å². The van der Waals surface area contributed by atoms with Crippen LogP contribution in [0.3, 0.4) is 0 Å². The van der Waals surface area contributed by atoms with E-state index in [4.69, 9.17) is 0 Å². The minimum atomic E-state index is -0.320. The third-order valence-electron chi connectivity index (χ3n) is 4.12. The van der Waals surface area contributed by atoms with Crippen LogP contribution in [0, 0.1) is 0 Å². The average Bonchev–Trinajstić information content (AvgIpc) is 3.13. The first-order chi connectivity index (χ1) is 9.70. The molecule has 3 rings (SSSR count). The zero-order chi connectivity index (χ0) is 14.1. The van der Waals surface area contributed by atoms with E-state index in [0.717, 1.165) is 31.5 Å². The van der Waals surface area contributed by atoms with Crippen LogP contribution in [-0.2, 0) is 11.2 Å². The van der Waals surface area contributed by atoms with E-state index >= 15 is 0 Å². The maximum absolute atomic E-state index is 12.6. The van der Waals surface area contributed by atoms with Crippen LogP contribution in [0.2, 0.25) is 0 Å². The molecule has 6 heteroatoms. The summed E-state index contributed by atoms with van der Waals surface area (Å²) >= 11 is 0. The van der Waals surface area contributed by atoms with E-state index in [-0.39, 0.29) is 30.3 Å². The second kappa shape index (κ2) is 6.35. The van der Waals surface area contributed by atoms with Crippen molar-refractivity contribution in [2.24, 2.45) is 0 Å². The van der Waals surface area contributed by atoms with Crippen LogP contribution in [0.15, 0.2) is 18.2 Å². The molecule has 2 aliphatic heterocycles.